The summed E-state index contributed by atoms with van der Waals surface area (Å²) in [5.41, 5.74) is 3.33. The highest BCUT2D eigenvalue weighted by atomic mass is 32.1. The molecule has 3 aromatic rings. The Labute approximate surface area is 173 Å². The number of benzene rings is 1. The van der Waals surface area contributed by atoms with Gasteiger partial charge in [-0.05, 0) is 32.0 Å². The molecule has 0 aliphatic carbocycles. The first-order chi connectivity index (χ1) is 14.0. The molecule has 3 rings (SSSR count). The Morgan fingerprint density at radius 1 is 1.10 bits per heavy atom. The highest BCUT2D eigenvalue weighted by molar-refractivity contribution is 7.12. The van der Waals surface area contributed by atoms with E-state index >= 15 is 0 Å². The quantitative estimate of drug-likeness (QED) is 0.608. The average Bonchev–Trinajstić information content (AvgIpc) is 3.32. The van der Waals surface area contributed by atoms with Crippen molar-refractivity contribution in [3.05, 3.63) is 46.2 Å². The van der Waals surface area contributed by atoms with Gasteiger partial charge in [0.15, 0.2) is 11.5 Å². The highest BCUT2D eigenvalue weighted by Gasteiger charge is 2.17. The van der Waals surface area contributed by atoms with Crippen molar-refractivity contribution in [3.63, 3.8) is 0 Å². The molecule has 29 heavy (non-hydrogen) atoms. The van der Waals surface area contributed by atoms with Crippen molar-refractivity contribution in [2.24, 2.45) is 0 Å². The SMILES string of the molecule is COc1cc(C(=O)NCCc2csc(-n3nc(C)cc3C)n2)cc(OC)c1OC. The van der Waals surface area contributed by atoms with Crippen LogP contribution in [0.2, 0.25) is 0 Å². The molecule has 9 heteroatoms. The Kier molecular flexibility index (Phi) is 6.38. The van der Waals surface area contributed by atoms with E-state index in [2.05, 4.69) is 15.4 Å². The molecule has 0 saturated heterocycles. The van der Waals surface area contributed by atoms with E-state index in [9.17, 15) is 4.79 Å². The number of carbonyl (C=O) groups excluding carboxylic acids is 1. The molecule has 1 amide bonds. The number of methoxy groups -OCH3 is 3. The monoisotopic (exact) mass is 416 g/mol. The van der Waals surface area contributed by atoms with E-state index in [4.69, 9.17) is 14.2 Å². The molecule has 0 aliphatic heterocycles. The number of aryl methyl sites for hydroxylation is 2. The fourth-order valence-corrected chi connectivity index (χ4v) is 3.82. The summed E-state index contributed by atoms with van der Waals surface area (Å²) in [6.07, 6.45) is 0.617. The molecule has 0 aliphatic rings. The molecule has 1 aromatic carbocycles. The lowest BCUT2D eigenvalue weighted by Gasteiger charge is -2.14. The molecule has 154 valence electrons. The van der Waals surface area contributed by atoms with Gasteiger partial charge in [-0.25, -0.2) is 9.67 Å². The van der Waals surface area contributed by atoms with Gasteiger partial charge in [0.25, 0.3) is 5.91 Å². The van der Waals surface area contributed by atoms with Crippen LogP contribution in [-0.4, -0.2) is 48.5 Å². The predicted molar refractivity (Wildman–Crippen MR) is 111 cm³/mol. The largest absolute Gasteiger partial charge is 0.493 e. The number of rotatable bonds is 8. The minimum absolute atomic E-state index is 0.224. The molecule has 0 atom stereocenters. The topological polar surface area (TPSA) is 87.5 Å². The van der Waals surface area contributed by atoms with Crippen molar-refractivity contribution in [1.82, 2.24) is 20.1 Å². The standard InChI is InChI=1S/C20H24N4O4S/c1-12-8-13(2)24(23-12)20-22-15(11-29-20)6-7-21-19(25)14-9-16(26-3)18(28-5)17(10-14)27-4/h8-11H,6-7H2,1-5H3,(H,21,25). The highest BCUT2D eigenvalue weighted by Crippen LogP contribution is 2.38. The molecule has 0 fully saturated rings. The number of carbonyl (C=O) groups is 1. The summed E-state index contributed by atoms with van der Waals surface area (Å²) >= 11 is 1.53. The average molecular weight is 417 g/mol. The summed E-state index contributed by atoms with van der Waals surface area (Å²) in [5, 5.41) is 10.2. The summed E-state index contributed by atoms with van der Waals surface area (Å²) < 4.78 is 17.7. The fourth-order valence-electron chi connectivity index (χ4n) is 2.95. The van der Waals surface area contributed by atoms with Gasteiger partial charge in [0, 0.05) is 29.6 Å². The third-order valence-electron chi connectivity index (χ3n) is 4.32. The molecule has 1 N–H and O–H groups in total. The zero-order valence-corrected chi connectivity index (χ0v) is 17.9. The molecule has 8 nitrogen and oxygen atoms in total. The van der Waals surface area contributed by atoms with Crippen LogP contribution in [0.3, 0.4) is 0 Å². The van der Waals surface area contributed by atoms with Crippen LogP contribution in [0.15, 0.2) is 23.6 Å². The van der Waals surface area contributed by atoms with Crippen molar-refractivity contribution < 1.29 is 19.0 Å². The van der Waals surface area contributed by atoms with E-state index in [1.807, 2.05) is 30.0 Å². The molecular formula is C20H24N4O4S. The van der Waals surface area contributed by atoms with Gasteiger partial charge in [0.2, 0.25) is 10.9 Å². The molecule has 2 aromatic heterocycles. The van der Waals surface area contributed by atoms with Crippen LogP contribution in [0.25, 0.3) is 5.13 Å². The second-order valence-corrected chi connectivity index (χ2v) is 7.22. The molecule has 0 bridgehead atoms. The van der Waals surface area contributed by atoms with Gasteiger partial charge >= 0.3 is 0 Å². The summed E-state index contributed by atoms with van der Waals surface area (Å²) in [5.74, 6) is 1.10. The maximum Gasteiger partial charge on any atom is 0.251 e. The Bertz CT molecular complexity index is 987. The van der Waals surface area contributed by atoms with Gasteiger partial charge in [-0.1, -0.05) is 0 Å². The summed E-state index contributed by atoms with van der Waals surface area (Å²) in [6, 6.07) is 5.26. The Morgan fingerprint density at radius 3 is 2.34 bits per heavy atom. The molecule has 0 unspecified atom stereocenters. The normalized spacial score (nSPS) is 10.7. The van der Waals surface area contributed by atoms with Crippen molar-refractivity contribution in [1.29, 1.82) is 0 Å². The zero-order chi connectivity index (χ0) is 21.0. The maximum atomic E-state index is 12.5. The third-order valence-corrected chi connectivity index (χ3v) is 5.19. The fraction of sp³-hybridized carbons (Fsp3) is 0.350. The summed E-state index contributed by atoms with van der Waals surface area (Å²) in [4.78, 5) is 17.2. The second kappa shape index (κ2) is 8.95. The zero-order valence-electron chi connectivity index (χ0n) is 17.1. The van der Waals surface area contributed by atoms with Crippen molar-refractivity contribution in [3.8, 4) is 22.4 Å². The predicted octanol–water partition coefficient (Wildman–Crippen LogP) is 2.94. The number of nitrogens with one attached hydrogen (secondary N) is 1. The number of thiazole rings is 1. The van der Waals surface area contributed by atoms with Gasteiger partial charge in [0.1, 0.15) is 0 Å². The van der Waals surface area contributed by atoms with Crippen LogP contribution in [0, 0.1) is 13.8 Å². The van der Waals surface area contributed by atoms with E-state index < -0.39 is 0 Å². The van der Waals surface area contributed by atoms with E-state index in [1.165, 1.54) is 32.7 Å². The van der Waals surface area contributed by atoms with Crippen molar-refractivity contribution >= 4 is 17.2 Å². The van der Waals surface area contributed by atoms with E-state index in [1.54, 1.807) is 12.1 Å². The second-order valence-electron chi connectivity index (χ2n) is 6.38. The van der Waals surface area contributed by atoms with E-state index in [-0.39, 0.29) is 5.91 Å². The number of ether oxygens (including phenoxy) is 3. The minimum atomic E-state index is -0.224. The van der Waals surface area contributed by atoms with Gasteiger partial charge in [-0.2, -0.15) is 5.10 Å². The Balaban J connectivity index is 1.64. The molecule has 2 heterocycles. The smallest absolute Gasteiger partial charge is 0.251 e. The van der Waals surface area contributed by atoms with Gasteiger partial charge in [0.05, 0.1) is 32.7 Å². The van der Waals surface area contributed by atoms with Crippen molar-refractivity contribution in [2.75, 3.05) is 27.9 Å². The Morgan fingerprint density at radius 2 is 1.79 bits per heavy atom. The van der Waals surface area contributed by atoms with E-state index in [0.717, 1.165) is 22.2 Å². The lowest BCUT2D eigenvalue weighted by atomic mass is 10.1. The van der Waals surface area contributed by atoms with Crippen LogP contribution in [0.5, 0.6) is 17.2 Å². The van der Waals surface area contributed by atoms with Crippen LogP contribution < -0.4 is 19.5 Å². The molecular weight excluding hydrogens is 392 g/mol. The first-order valence-corrected chi connectivity index (χ1v) is 9.91. The molecule has 0 spiro atoms. The van der Waals surface area contributed by atoms with Crippen LogP contribution in [-0.2, 0) is 6.42 Å². The number of amides is 1. The van der Waals surface area contributed by atoms with Gasteiger partial charge in [-0.3, -0.25) is 4.79 Å². The molecule has 0 saturated carbocycles. The number of hydrogen-bond acceptors (Lipinski definition) is 7. The Hall–Kier alpha value is -3.07. The lowest BCUT2D eigenvalue weighted by Crippen LogP contribution is -2.25. The number of hydrogen-bond donors (Lipinski definition) is 1. The first kappa shape index (κ1) is 20.7. The van der Waals surface area contributed by atoms with Crippen LogP contribution >= 0.6 is 11.3 Å². The number of nitrogens with zero attached hydrogens (tertiary/aromatic N) is 3. The van der Waals surface area contributed by atoms with Crippen LogP contribution in [0.1, 0.15) is 27.4 Å². The first-order valence-electron chi connectivity index (χ1n) is 9.03. The summed E-state index contributed by atoms with van der Waals surface area (Å²) in [6.45, 7) is 4.41. The van der Waals surface area contributed by atoms with Crippen LogP contribution in [0.4, 0.5) is 0 Å². The maximum absolute atomic E-state index is 12.5. The van der Waals surface area contributed by atoms with Gasteiger partial charge < -0.3 is 19.5 Å². The lowest BCUT2D eigenvalue weighted by molar-refractivity contribution is 0.0953. The summed E-state index contributed by atoms with van der Waals surface area (Å²) in [7, 11) is 4.55. The third kappa shape index (κ3) is 4.51. The number of aromatic nitrogens is 3. The van der Waals surface area contributed by atoms with Gasteiger partial charge in [-0.15, -0.1) is 11.3 Å². The minimum Gasteiger partial charge on any atom is -0.493 e. The molecule has 0 radical (unpaired) electrons. The van der Waals surface area contributed by atoms with E-state index in [0.29, 0.717) is 35.8 Å². The van der Waals surface area contributed by atoms with Crippen molar-refractivity contribution in [2.45, 2.75) is 20.3 Å².